The van der Waals surface area contributed by atoms with Crippen molar-refractivity contribution in [2.75, 3.05) is 55.9 Å². The average molecular weight is 406 g/mol. The van der Waals surface area contributed by atoms with E-state index in [1.54, 1.807) is 66.9 Å². The summed E-state index contributed by atoms with van der Waals surface area (Å²) < 4.78 is 45.1. The summed E-state index contributed by atoms with van der Waals surface area (Å²) in [6.45, 7) is 0.820. The summed E-state index contributed by atoms with van der Waals surface area (Å²) in [5.41, 5.74) is 1.36. The van der Waals surface area contributed by atoms with Gasteiger partial charge in [0.1, 0.15) is 0 Å². The summed E-state index contributed by atoms with van der Waals surface area (Å²) in [5, 5.41) is 0. The van der Waals surface area contributed by atoms with Crippen molar-refractivity contribution >= 4 is 0 Å². The smallest absolute Gasteiger partial charge is 0.223 e. The molecule has 8 nitrogen and oxygen atoms in total. The van der Waals surface area contributed by atoms with Crippen LogP contribution in [0.2, 0.25) is 0 Å². The monoisotopic (exact) mass is 406 g/mol. The third-order valence-corrected chi connectivity index (χ3v) is 4.78. The minimum atomic E-state index is -1.21. The summed E-state index contributed by atoms with van der Waals surface area (Å²) in [6, 6.07) is 7.21. The lowest BCUT2D eigenvalue weighted by atomic mass is 9.95. The van der Waals surface area contributed by atoms with Gasteiger partial charge in [-0.15, -0.1) is 0 Å². The van der Waals surface area contributed by atoms with Gasteiger partial charge in [0, 0.05) is 11.1 Å². The number of hydrogen-bond acceptors (Lipinski definition) is 8. The van der Waals surface area contributed by atoms with Crippen LogP contribution in [-0.2, 0) is 15.3 Å². The highest BCUT2D eigenvalue weighted by Gasteiger charge is 2.43. The minimum Gasteiger partial charge on any atom is -0.493 e. The largest absolute Gasteiger partial charge is 0.493 e. The fourth-order valence-corrected chi connectivity index (χ4v) is 3.45. The molecule has 1 saturated heterocycles. The molecule has 1 aliphatic rings. The van der Waals surface area contributed by atoms with Crippen molar-refractivity contribution in [1.82, 2.24) is 0 Å². The quantitative estimate of drug-likeness (QED) is 0.663. The van der Waals surface area contributed by atoms with Gasteiger partial charge >= 0.3 is 0 Å². The first-order valence-corrected chi connectivity index (χ1v) is 8.97. The van der Waals surface area contributed by atoms with Crippen molar-refractivity contribution in [3.8, 4) is 34.5 Å². The molecule has 1 heterocycles. The van der Waals surface area contributed by atoms with Gasteiger partial charge < -0.3 is 37.9 Å². The topological polar surface area (TPSA) is 73.8 Å². The maximum atomic E-state index is 6.13. The fourth-order valence-electron chi connectivity index (χ4n) is 3.45. The lowest BCUT2D eigenvalue weighted by molar-refractivity contribution is -0.130. The molecule has 1 fully saturated rings. The van der Waals surface area contributed by atoms with Crippen molar-refractivity contribution in [2.45, 2.75) is 5.79 Å². The van der Waals surface area contributed by atoms with E-state index in [4.69, 9.17) is 37.9 Å². The van der Waals surface area contributed by atoms with Crippen molar-refractivity contribution in [3.05, 3.63) is 35.4 Å². The van der Waals surface area contributed by atoms with Crippen LogP contribution >= 0.6 is 0 Å². The van der Waals surface area contributed by atoms with E-state index in [9.17, 15) is 0 Å². The van der Waals surface area contributed by atoms with Gasteiger partial charge in [0.15, 0.2) is 23.0 Å². The van der Waals surface area contributed by atoms with Gasteiger partial charge in [0.2, 0.25) is 17.3 Å². The molecule has 29 heavy (non-hydrogen) atoms. The van der Waals surface area contributed by atoms with Crippen LogP contribution in [0.15, 0.2) is 24.3 Å². The zero-order chi connectivity index (χ0) is 21.0. The number of rotatable bonds is 8. The van der Waals surface area contributed by atoms with Gasteiger partial charge in [-0.3, -0.25) is 0 Å². The van der Waals surface area contributed by atoms with E-state index >= 15 is 0 Å². The van der Waals surface area contributed by atoms with E-state index in [-0.39, 0.29) is 0 Å². The number of methoxy groups -OCH3 is 6. The summed E-state index contributed by atoms with van der Waals surface area (Å²) in [6.07, 6.45) is 0. The molecule has 8 heteroatoms. The third kappa shape index (κ3) is 3.49. The molecule has 1 aliphatic heterocycles. The first-order chi connectivity index (χ1) is 14.1. The number of benzene rings is 2. The van der Waals surface area contributed by atoms with Crippen LogP contribution in [0.5, 0.6) is 34.5 Å². The average Bonchev–Trinajstić information content (AvgIpc) is 3.27. The standard InChI is InChI=1S/C21H26O8/c1-22-15-9-13(10-16(23-2)19(15)26-5)21(28-7-8-29-21)14-11-17(24-3)20(27-6)18(12-14)25-4/h9-12H,7-8H2,1-6H3. The Hall–Kier alpha value is -2.84. The Morgan fingerprint density at radius 3 is 1.10 bits per heavy atom. The second-order valence-electron chi connectivity index (χ2n) is 6.14. The lowest BCUT2D eigenvalue weighted by Crippen LogP contribution is -2.29. The summed E-state index contributed by atoms with van der Waals surface area (Å²) >= 11 is 0. The van der Waals surface area contributed by atoms with Crippen molar-refractivity contribution in [1.29, 1.82) is 0 Å². The molecule has 0 atom stereocenters. The molecule has 0 radical (unpaired) electrons. The maximum Gasteiger partial charge on any atom is 0.223 e. The second kappa shape index (κ2) is 8.67. The van der Waals surface area contributed by atoms with Crippen LogP contribution in [0, 0.1) is 0 Å². The predicted molar refractivity (Wildman–Crippen MR) is 105 cm³/mol. The van der Waals surface area contributed by atoms with Crippen molar-refractivity contribution in [2.24, 2.45) is 0 Å². The molecule has 0 bridgehead atoms. The highest BCUT2D eigenvalue weighted by atomic mass is 16.7. The summed E-state index contributed by atoms with van der Waals surface area (Å²) in [7, 11) is 9.34. The van der Waals surface area contributed by atoms with Crippen LogP contribution in [0.4, 0.5) is 0 Å². The van der Waals surface area contributed by atoms with Crippen molar-refractivity contribution < 1.29 is 37.9 Å². The summed E-state index contributed by atoms with van der Waals surface area (Å²) in [4.78, 5) is 0. The molecule has 3 rings (SSSR count). The third-order valence-electron chi connectivity index (χ3n) is 4.78. The van der Waals surface area contributed by atoms with Gasteiger partial charge in [-0.1, -0.05) is 0 Å². The molecular formula is C21H26O8. The highest BCUT2D eigenvalue weighted by Crippen LogP contribution is 2.49. The van der Waals surface area contributed by atoms with Crippen LogP contribution in [0.3, 0.4) is 0 Å². The Kier molecular flexibility index (Phi) is 6.24. The van der Waals surface area contributed by atoms with E-state index in [1.165, 1.54) is 0 Å². The Balaban J connectivity index is 2.25. The maximum absolute atomic E-state index is 6.13. The molecule has 158 valence electrons. The Morgan fingerprint density at radius 2 is 0.862 bits per heavy atom. The van der Waals surface area contributed by atoms with Crippen molar-refractivity contribution in [3.63, 3.8) is 0 Å². The van der Waals surface area contributed by atoms with E-state index in [2.05, 4.69) is 0 Å². The predicted octanol–water partition coefficient (Wildman–Crippen LogP) is 2.99. The molecule has 2 aromatic carbocycles. The molecule has 0 amide bonds. The van der Waals surface area contributed by atoms with Gasteiger partial charge in [0.05, 0.1) is 55.9 Å². The fraction of sp³-hybridized carbons (Fsp3) is 0.429. The van der Waals surface area contributed by atoms with Crippen LogP contribution in [0.25, 0.3) is 0 Å². The second-order valence-corrected chi connectivity index (χ2v) is 6.14. The lowest BCUT2D eigenvalue weighted by Gasteiger charge is -2.30. The zero-order valence-corrected chi connectivity index (χ0v) is 17.5. The minimum absolute atomic E-state index is 0.410. The van der Waals surface area contributed by atoms with E-state index in [1.807, 2.05) is 0 Å². The molecule has 2 aromatic rings. The molecular weight excluding hydrogens is 380 g/mol. The zero-order valence-electron chi connectivity index (χ0n) is 17.5. The van der Waals surface area contributed by atoms with Gasteiger partial charge in [-0.2, -0.15) is 0 Å². The van der Waals surface area contributed by atoms with Crippen LogP contribution in [-0.4, -0.2) is 55.9 Å². The van der Waals surface area contributed by atoms with Gasteiger partial charge in [-0.25, -0.2) is 0 Å². The molecule has 0 aromatic heterocycles. The Morgan fingerprint density at radius 1 is 0.552 bits per heavy atom. The van der Waals surface area contributed by atoms with E-state index in [0.29, 0.717) is 58.8 Å². The normalized spacial score (nSPS) is 15.0. The molecule has 0 aliphatic carbocycles. The van der Waals surface area contributed by atoms with E-state index < -0.39 is 5.79 Å². The molecule has 0 unspecified atom stereocenters. The Labute approximate surface area is 170 Å². The SMILES string of the molecule is COc1cc(C2(c3cc(OC)c(OC)c(OC)c3)OCCO2)cc(OC)c1OC. The number of hydrogen-bond donors (Lipinski definition) is 0. The Bertz CT molecular complexity index is 742. The number of ether oxygens (including phenoxy) is 8. The molecule has 0 N–H and O–H groups in total. The van der Waals surface area contributed by atoms with Gasteiger partial charge in [0.25, 0.3) is 0 Å². The highest BCUT2D eigenvalue weighted by molar-refractivity contribution is 5.59. The van der Waals surface area contributed by atoms with Crippen LogP contribution < -0.4 is 28.4 Å². The molecule has 0 saturated carbocycles. The first kappa shape index (κ1) is 20.9. The van der Waals surface area contributed by atoms with E-state index in [0.717, 1.165) is 0 Å². The summed E-state index contributed by atoms with van der Waals surface area (Å²) in [5.74, 6) is 1.73. The molecule has 0 spiro atoms. The first-order valence-electron chi connectivity index (χ1n) is 8.97. The van der Waals surface area contributed by atoms with Crippen LogP contribution in [0.1, 0.15) is 11.1 Å². The van der Waals surface area contributed by atoms with Gasteiger partial charge in [-0.05, 0) is 24.3 Å².